The monoisotopic (exact) mass is 754 g/mol. The maximum absolute atomic E-state index is 12.3. The molecule has 2 aromatic heterocycles. The summed E-state index contributed by atoms with van der Waals surface area (Å²) in [6.45, 7) is -2.06. The number of nitrogens with one attached hydrogen (secondary N) is 2. The lowest BCUT2D eigenvalue weighted by Crippen LogP contribution is -2.38. The lowest BCUT2D eigenvalue weighted by atomic mass is 10.1. The van der Waals surface area contributed by atoms with Gasteiger partial charge in [0.05, 0.1) is 39.8 Å². The summed E-state index contributed by atoms with van der Waals surface area (Å²) >= 11 is 0. The molecule has 28 heteroatoms. The average molecular weight is 754 g/mol. The summed E-state index contributed by atoms with van der Waals surface area (Å²) in [4.78, 5) is 81.2. The first kappa shape index (κ1) is 38.1. The number of methoxy groups -OCH3 is 2. The predicted octanol–water partition coefficient (Wildman–Crippen LogP) is -4.17. The van der Waals surface area contributed by atoms with Gasteiger partial charge in [0.25, 0.3) is 11.1 Å². The molecule has 9 N–H and O–H groups in total. The van der Waals surface area contributed by atoms with Crippen molar-refractivity contribution in [1.82, 2.24) is 19.1 Å². The number of phosphoric ester groups is 2. The van der Waals surface area contributed by atoms with Crippen LogP contribution in [0, 0.1) is 0 Å². The molecule has 0 bridgehead atoms. The van der Waals surface area contributed by atoms with Crippen molar-refractivity contribution in [2.24, 2.45) is 0 Å². The Kier molecular flexibility index (Phi) is 12.0. The molecule has 48 heavy (non-hydrogen) atoms. The SMILES string of the molecule is COc1cn([C@@H]2O[C@H](COP(=O)(O)OP(O)OP(=O)(O)OC[C@H]3O[C@@H](n4cc(OC)c(=O)[nH]c4=O)[C@H](O)[C@@H]3O)[C@@H](O)[C@H]2O)c(=O)[nH]c1=O. The summed E-state index contributed by atoms with van der Waals surface area (Å²) in [5.74, 6) is -0.710. The average Bonchev–Trinajstić information content (AvgIpc) is 3.44. The minimum absolute atomic E-state index is 0.355. The molecule has 2 aromatic rings. The van der Waals surface area contributed by atoms with Gasteiger partial charge in [-0.3, -0.25) is 37.7 Å². The van der Waals surface area contributed by atoms with Crippen molar-refractivity contribution in [1.29, 1.82) is 0 Å². The van der Waals surface area contributed by atoms with Crippen LogP contribution in [0.5, 0.6) is 11.5 Å². The summed E-state index contributed by atoms with van der Waals surface area (Å²) in [6, 6.07) is 0. The second kappa shape index (κ2) is 15.1. The van der Waals surface area contributed by atoms with E-state index in [9.17, 15) is 63.4 Å². The van der Waals surface area contributed by atoms with Crippen LogP contribution in [0.4, 0.5) is 0 Å². The van der Waals surface area contributed by atoms with E-state index in [0.717, 1.165) is 26.6 Å². The highest BCUT2D eigenvalue weighted by atomic mass is 31.3. The number of phosphoric acid groups is 2. The van der Waals surface area contributed by atoms with E-state index in [1.807, 2.05) is 9.97 Å². The van der Waals surface area contributed by atoms with Crippen molar-refractivity contribution in [3.63, 3.8) is 0 Å². The number of H-pyrrole nitrogens is 2. The standard InChI is InChI=1S/C20H29N4O21P3/c1-38-7-3-23(19(31)21-15(7)29)17-13(27)11(25)9(42-17)5-40-47(34,35)44-46(33)45-48(36,37)41-6-10-12(26)14(28)18(43-10)24-4-8(39-2)16(30)22-20(24)32/h3-4,9-14,17-18,25-28,33H,5-6H2,1-2H3,(H,34,35)(H,36,37)(H,21,29,31)(H,22,30,32)/t9-,10-,11-,12-,13-,14-,17-,18-/m1/s1. The fourth-order valence-corrected chi connectivity index (χ4v) is 7.22. The van der Waals surface area contributed by atoms with Gasteiger partial charge in [-0.15, -0.1) is 0 Å². The van der Waals surface area contributed by atoms with E-state index in [4.69, 9.17) is 18.9 Å². The first-order chi connectivity index (χ1) is 22.4. The third-order valence-electron chi connectivity index (χ3n) is 6.68. The van der Waals surface area contributed by atoms with Crippen LogP contribution >= 0.6 is 24.2 Å². The number of aromatic amines is 2. The van der Waals surface area contributed by atoms with Crippen LogP contribution in [-0.4, -0.2) is 118 Å². The van der Waals surface area contributed by atoms with Crippen LogP contribution in [0.2, 0.25) is 0 Å². The van der Waals surface area contributed by atoms with Crippen LogP contribution in [-0.2, 0) is 36.3 Å². The van der Waals surface area contributed by atoms with Crippen LogP contribution < -0.4 is 32.0 Å². The third-order valence-corrected chi connectivity index (χ3v) is 10.4. The highest BCUT2D eigenvalue weighted by Gasteiger charge is 2.47. The number of hydrogen-bond acceptors (Lipinski definition) is 19. The van der Waals surface area contributed by atoms with E-state index in [2.05, 4.69) is 17.7 Å². The van der Waals surface area contributed by atoms with Gasteiger partial charge in [0.1, 0.15) is 36.6 Å². The molecule has 4 heterocycles. The van der Waals surface area contributed by atoms with Gasteiger partial charge in [-0.25, -0.2) is 27.3 Å². The molecule has 2 fully saturated rings. The molecule has 2 saturated heterocycles. The van der Waals surface area contributed by atoms with Crippen molar-refractivity contribution in [2.45, 2.75) is 49.1 Å². The van der Waals surface area contributed by atoms with E-state index in [1.54, 1.807) is 0 Å². The number of hydrogen-bond donors (Lipinski definition) is 9. The Morgan fingerprint density at radius 2 is 1.08 bits per heavy atom. The molecule has 0 aromatic carbocycles. The normalized spacial score (nSPS) is 30.4. The Hall–Kier alpha value is -2.67. The van der Waals surface area contributed by atoms with Gasteiger partial charge in [-0.1, -0.05) is 0 Å². The zero-order chi connectivity index (χ0) is 35.7. The molecule has 0 saturated carbocycles. The molecule has 0 radical (unpaired) electrons. The van der Waals surface area contributed by atoms with Crippen LogP contribution in [0.1, 0.15) is 12.5 Å². The number of ether oxygens (including phenoxy) is 4. The van der Waals surface area contributed by atoms with Crippen molar-refractivity contribution in [3.8, 4) is 11.5 Å². The third kappa shape index (κ3) is 8.54. The highest BCUT2D eigenvalue weighted by molar-refractivity contribution is 7.63. The summed E-state index contributed by atoms with van der Waals surface area (Å²) < 4.78 is 63.9. The Labute approximate surface area is 266 Å². The number of aromatic nitrogens is 4. The second-order valence-corrected chi connectivity index (χ2v) is 13.9. The second-order valence-electron chi connectivity index (χ2n) is 9.75. The molecule has 10 atom stereocenters. The molecule has 270 valence electrons. The van der Waals surface area contributed by atoms with Gasteiger partial charge in [0.2, 0.25) is 11.5 Å². The zero-order valence-corrected chi connectivity index (χ0v) is 27.0. The molecule has 2 unspecified atom stereocenters. The van der Waals surface area contributed by atoms with Gasteiger partial charge < -0.3 is 54.1 Å². The van der Waals surface area contributed by atoms with Gasteiger partial charge in [0, 0.05) is 0 Å². The van der Waals surface area contributed by atoms with Gasteiger partial charge >= 0.3 is 35.6 Å². The molecule has 0 aliphatic carbocycles. The maximum atomic E-state index is 12.3. The number of nitrogens with zero attached hydrogens (tertiary/aromatic N) is 2. The van der Waals surface area contributed by atoms with Crippen molar-refractivity contribution in [3.05, 3.63) is 54.1 Å². The van der Waals surface area contributed by atoms with Crippen molar-refractivity contribution in [2.75, 3.05) is 27.4 Å². The van der Waals surface area contributed by atoms with Crippen LogP contribution in [0.25, 0.3) is 0 Å². The minimum atomic E-state index is -5.38. The highest BCUT2D eigenvalue weighted by Crippen LogP contribution is 2.63. The van der Waals surface area contributed by atoms with Crippen LogP contribution in [0.15, 0.2) is 31.6 Å². The predicted molar refractivity (Wildman–Crippen MR) is 150 cm³/mol. The molecular weight excluding hydrogens is 725 g/mol. The quantitative estimate of drug-likeness (QED) is 0.0826. The fraction of sp³-hybridized carbons (Fsp3) is 0.600. The lowest BCUT2D eigenvalue weighted by molar-refractivity contribution is -0.0548. The van der Waals surface area contributed by atoms with E-state index < -0.39 is 109 Å². The molecule has 0 spiro atoms. The fourth-order valence-electron chi connectivity index (χ4n) is 4.37. The summed E-state index contributed by atoms with van der Waals surface area (Å²) in [5, 5.41) is 41.2. The first-order valence-corrected chi connectivity index (χ1v) is 17.1. The molecule has 2 aliphatic heterocycles. The number of aliphatic hydroxyl groups excluding tert-OH is 4. The maximum Gasteiger partial charge on any atom is 0.479 e. The molecule has 25 nitrogen and oxygen atoms in total. The van der Waals surface area contributed by atoms with Gasteiger partial charge in [0.15, 0.2) is 12.5 Å². The molecule has 2 aliphatic rings. The molecule has 0 amide bonds. The zero-order valence-electron chi connectivity index (χ0n) is 24.3. The largest absolute Gasteiger partial charge is 0.490 e. The van der Waals surface area contributed by atoms with E-state index in [0.29, 0.717) is 9.13 Å². The number of rotatable bonds is 14. The first-order valence-electron chi connectivity index (χ1n) is 13.0. The number of aliphatic hydroxyl groups is 4. The Morgan fingerprint density at radius 3 is 1.42 bits per heavy atom. The lowest BCUT2D eigenvalue weighted by Gasteiger charge is -2.21. The molecule has 4 rings (SSSR count). The Balaban J connectivity index is 1.30. The van der Waals surface area contributed by atoms with Crippen LogP contribution in [0.3, 0.4) is 0 Å². The van der Waals surface area contributed by atoms with Crippen molar-refractivity contribution < 1.29 is 80.9 Å². The summed E-state index contributed by atoms with van der Waals surface area (Å²) in [6.07, 6.45) is -12.1. The summed E-state index contributed by atoms with van der Waals surface area (Å²) in [7, 11) is -12.2. The Morgan fingerprint density at radius 1 is 0.729 bits per heavy atom. The smallest absolute Gasteiger partial charge is 0.479 e. The summed E-state index contributed by atoms with van der Waals surface area (Å²) in [5.41, 5.74) is -3.93. The van der Waals surface area contributed by atoms with Gasteiger partial charge in [-0.2, -0.15) is 0 Å². The van der Waals surface area contributed by atoms with E-state index >= 15 is 0 Å². The van der Waals surface area contributed by atoms with E-state index in [1.165, 1.54) is 0 Å². The molecular formula is C20H29N4O21P3. The Bertz CT molecular complexity index is 1670. The van der Waals surface area contributed by atoms with Gasteiger partial charge in [-0.05, 0) is 0 Å². The van der Waals surface area contributed by atoms with Crippen molar-refractivity contribution >= 4 is 24.2 Å². The minimum Gasteiger partial charge on any atom is -0.490 e. The topological polar surface area (TPSA) is 359 Å². The van der Waals surface area contributed by atoms with E-state index in [-0.39, 0.29) is 11.5 Å².